The number of fused-ring (bicyclic) bond motifs is 1. The van der Waals surface area contributed by atoms with Crippen LogP contribution in [0.5, 0.6) is 5.75 Å². The largest absolute Gasteiger partial charge is 0.435 e. The second-order valence-electron chi connectivity index (χ2n) is 5.31. The second-order valence-corrected chi connectivity index (χ2v) is 5.31. The number of H-pyrrole nitrogens is 1. The summed E-state index contributed by atoms with van der Waals surface area (Å²) in [4.78, 5) is 3.27. The minimum atomic E-state index is -2.78. The van der Waals surface area contributed by atoms with Crippen molar-refractivity contribution in [1.82, 2.24) is 10.3 Å². The highest BCUT2D eigenvalue weighted by Crippen LogP contribution is 2.18. The first kappa shape index (κ1) is 15.5. The Labute approximate surface area is 133 Å². The van der Waals surface area contributed by atoms with E-state index in [1.807, 2.05) is 18.3 Å². The van der Waals surface area contributed by atoms with Gasteiger partial charge in [0.25, 0.3) is 0 Å². The summed E-state index contributed by atoms with van der Waals surface area (Å²) in [6.07, 6.45) is 2.97. The van der Waals surface area contributed by atoms with Gasteiger partial charge >= 0.3 is 6.61 Å². The van der Waals surface area contributed by atoms with Crippen molar-refractivity contribution in [2.75, 3.05) is 6.54 Å². The zero-order chi connectivity index (χ0) is 16.1. The molecular weight excluding hydrogens is 298 g/mol. The molecule has 1 heterocycles. The zero-order valence-corrected chi connectivity index (χ0v) is 12.6. The summed E-state index contributed by atoms with van der Waals surface area (Å²) in [5.74, 6) is 0.183. The van der Waals surface area contributed by atoms with Gasteiger partial charge in [-0.2, -0.15) is 8.78 Å². The normalized spacial score (nSPS) is 11.3. The molecule has 0 fully saturated rings. The van der Waals surface area contributed by atoms with Crippen molar-refractivity contribution < 1.29 is 13.5 Å². The third kappa shape index (κ3) is 4.07. The number of alkyl halides is 2. The molecule has 3 rings (SSSR count). The Bertz CT molecular complexity index is 753. The maximum absolute atomic E-state index is 12.1. The predicted molar refractivity (Wildman–Crippen MR) is 86.8 cm³/mol. The Morgan fingerprint density at radius 1 is 1.04 bits per heavy atom. The van der Waals surface area contributed by atoms with Crippen molar-refractivity contribution >= 4 is 10.9 Å². The summed E-state index contributed by atoms with van der Waals surface area (Å²) in [7, 11) is 0. The number of para-hydroxylation sites is 1. The van der Waals surface area contributed by atoms with Crippen LogP contribution in [0.4, 0.5) is 8.78 Å². The van der Waals surface area contributed by atoms with Gasteiger partial charge < -0.3 is 15.0 Å². The zero-order valence-electron chi connectivity index (χ0n) is 12.6. The van der Waals surface area contributed by atoms with Gasteiger partial charge in [0.2, 0.25) is 0 Å². The molecule has 0 aliphatic carbocycles. The van der Waals surface area contributed by atoms with Crippen LogP contribution in [0.1, 0.15) is 11.1 Å². The first-order chi connectivity index (χ1) is 11.2. The van der Waals surface area contributed by atoms with Gasteiger partial charge in [0, 0.05) is 23.6 Å². The summed E-state index contributed by atoms with van der Waals surface area (Å²) in [6.45, 7) is -1.25. The summed E-state index contributed by atoms with van der Waals surface area (Å²) in [6, 6.07) is 14.9. The lowest BCUT2D eigenvalue weighted by atomic mass is 10.1. The van der Waals surface area contributed by atoms with E-state index in [4.69, 9.17) is 0 Å². The number of hydrogen-bond acceptors (Lipinski definition) is 2. The fraction of sp³-hybridized carbons (Fsp3) is 0.222. The second kappa shape index (κ2) is 7.24. The van der Waals surface area contributed by atoms with Crippen molar-refractivity contribution in [3.63, 3.8) is 0 Å². The number of nitrogens with one attached hydrogen (secondary N) is 2. The molecule has 0 aliphatic heterocycles. The molecule has 3 aromatic rings. The maximum atomic E-state index is 12.1. The third-order valence-electron chi connectivity index (χ3n) is 3.72. The van der Waals surface area contributed by atoms with Gasteiger partial charge in [0.05, 0.1) is 0 Å². The van der Waals surface area contributed by atoms with E-state index in [1.165, 1.54) is 10.9 Å². The SMILES string of the molecule is FC(F)Oc1ccc(CNCCc2c[nH]c3ccccc23)cc1. The number of ether oxygens (including phenoxy) is 1. The van der Waals surface area contributed by atoms with Crippen LogP contribution in [0.3, 0.4) is 0 Å². The molecule has 0 spiro atoms. The van der Waals surface area contributed by atoms with E-state index in [2.05, 4.69) is 27.2 Å². The molecule has 5 heteroatoms. The molecule has 120 valence electrons. The Morgan fingerprint density at radius 2 is 1.83 bits per heavy atom. The molecule has 0 radical (unpaired) electrons. The van der Waals surface area contributed by atoms with E-state index >= 15 is 0 Å². The van der Waals surface area contributed by atoms with Gasteiger partial charge in [-0.15, -0.1) is 0 Å². The number of benzene rings is 2. The third-order valence-corrected chi connectivity index (χ3v) is 3.72. The monoisotopic (exact) mass is 316 g/mol. The van der Waals surface area contributed by atoms with Crippen LogP contribution in [0, 0.1) is 0 Å². The average Bonchev–Trinajstić information content (AvgIpc) is 2.96. The first-order valence-electron chi connectivity index (χ1n) is 7.52. The molecule has 2 aromatic carbocycles. The molecule has 2 N–H and O–H groups in total. The molecule has 3 nitrogen and oxygen atoms in total. The smallest absolute Gasteiger partial charge is 0.387 e. The van der Waals surface area contributed by atoms with Crippen LogP contribution in [0.15, 0.2) is 54.7 Å². The highest BCUT2D eigenvalue weighted by Gasteiger charge is 2.04. The van der Waals surface area contributed by atoms with Crippen molar-refractivity contribution in [3.05, 3.63) is 65.9 Å². The van der Waals surface area contributed by atoms with Gasteiger partial charge in [0.1, 0.15) is 5.75 Å². The van der Waals surface area contributed by atoms with Crippen molar-refractivity contribution in [2.45, 2.75) is 19.6 Å². The van der Waals surface area contributed by atoms with Gasteiger partial charge in [-0.25, -0.2) is 0 Å². The molecule has 0 amide bonds. The van der Waals surface area contributed by atoms with Crippen molar-refractivity contribution in [2.24, 2.45) is 0 Å². The van der Waals surface area contributed by atoms with Gasteiger partial charge in [-0.3, -0.25) is 0 Å². The molecule has 23 heavy (non-hydrogen) atoms. The van der Waals surface area contributed by atoms with E-state index in [-0.39, 0.29) is 5.75 Å². The maximum Gasteiger partial charge on any atom is 0.387 e. The summed E-state index contributed by atoms with van der Waals surface area (Å²) in [5, 5.41) is 4.61. The minimum absolute atomic E-state index is 0.183. The summed E-state index contributed by atoms with van der Waals surface area (Å²) >= 11 is 0. The Hall–Kier alpha value is -2.40. The number of rotatable bonds is 7. The molecule has 0 atom stereocenters. The predicted octanol–water partition coefficient (Wildman–Crippen LogP) is 4.10. The van der Waals surface area contributed by atoms with E-state index in [9.17, 15) is 8.78 Å². The Kier molecular flexibility index (Phi) is 4.88. The van der Waals surface area contributed by atoms with Gasteiger partial charge in [-0.1, -0.05) is 30.3 Å². The van der Waals surface area contributed by atoms with E-state index in [1.54, 1.807) is 24.3 Å². The number of aromatic nitrogens is 1. The van der Waals surface area contributed by atoms with Crippen LogP contribution in [-0.4, -0.2) is 18.1 Å². The number of hydrogen-bond donors (Lipinski definition) is 2. The highest BCUT2D eigenvalue weighted by atomic mass is 19.3. The van der Waals surface area contributed by atoms with Crippen molar-refractivity contribution in [3.8, 4) is 5.75 Å². The minimum Gasteiger partial charge on any atom is -0.435 e. The van der Waals surface area contributed by atoms with Crippen LogP contribution < -0.4 is 10.1 Å². The molecule has 0 saturated heterocycles. The topological polar surface area (TPSA) is 37.0 Å². The highest BCUT2D eigenvalue weighted by molar-refractivity contribution is 5.83. The molecule has 0 aliphatic rings. The molecule has 0 bridgehead atoms. The fourth-order valence-electron chi connectivity index (χ4n) is 2.58. The van der Waals surface area contributed by atoms with E-state index in [0.717, 1.165) is 24.0 Å². The van der Waals surface area contributed by atoms with Gasteiger partial charge in [0.15, 0.2) is 0 Å². The fourth-order valence-corrected chi connectivity index (χ4v) is 2.58. The van der Waals surface area contributed by atoms with Crippen molar-refractivity contribution in [1.29, 1.82) is 0 Å². The summed E-state index contributed by atoms with van der Waals surface area (Å²) in [5.41, 5.74) is 3.47. The molecular formula is C18H18F2N2O. The standard InChI is InChI=1S/C18H18F2N2O/c19-18(20)23-15-7-5-13(6-8-15)11-21-10-9-14-12-22-17-4-2-1-3-16(14)17/h1-8,12,18,21-22H,9-11H2. The summed E-state index contributed by atoms with van der Waals surface area (Å²) < 4.78 is 28.5. The number of halogens is 2. The lowest BCUT2D eigenvalue weighted by Crippen LogP contribution is -2.16. The van der Waals surface area contributed by atoms with Crippen LogP contribution >= 0.6 is 0 Å². The van der Waals surface area contributed by atoms with E-state index < -0.39 is 6.61 Å². The molecule has 1 aromatic heterocycles. The van der Waals surface area contributed by atoms with Crippen LogP contribution in [0.2, 0.25) is 0 Å². The lowest BCUT2D eigenvalue weighted by molar-refractivity contribution is -0.0498. The Balaban J connectivity index is 1.48. The van der Waals surface area contributed by atoms with Crippen LogP contribution in [-0.2, 0) is 13.0 Å². The molecule has 0 unspecified atom stereocenters. The molecule has 0 saturated carbocycles. The lowest BCUT2D eigenvalue weighted by Gasteiger charge is -2.07. The average molecular weight is 316 g/mol. The Morgan fingerprint density at radius 3 is 2.61 bits per heavy atom. The van der Waals surface area contributed by atoms with Crippen LogP contribution in [0.25, 0.3) is 10.9 Å². The number of aromatic amines is 1. The first-order valence-corrected chi connectivity index (χ1v) is 7.52. The van der Waals surface area contributed by atoms with E-state index in [0.29, 0.717) is 6.54 Å². The quantitative estimate of drug-likeness (QED) is 0.644. The van der Waals surface area contributed by atoms with Gasteiger partial charge in [-0.05, 0) is 42.3 Å².